The van der Waals surface area contributed by atoms with E-state index < -0.39 is 0 Å². The number of rotatable bonds is 2. The monoisotopic (exact) mass is 414 g/mol. The third-order valence-corrected chi connectivity index (χ3v) is 6.09. The molecule has 152 valence electrons. The molecule has 0 bridgehead atoms. The molecule has 1 N–H and O–H groups in total. The highest BCUT2D eigenvalue weighted by Crippen LogP contribution is 2.50. The Hall–Kier alpha value is -4.45. The summed E-state index contributed by atoms with van der Waals surface area (Å²) in [5.41, 5.74) is 4.28. The number of amidine groups is 1. The topological polar surface area (TPSA) is 58.3 Å². The minimum absolute atomic E-state index is 0.0764. The molecule has 0 amide bonds. The Morgan fingerprint density at radius 1 is 0.719 bits per heavy atom. The van der Waals surface area contributed by atoms with E-state index in [0.717, 1.165) is 45.6 Å². The van der Waals surface area contributed by atoms with Crippen LogP contribution >= 0.6 is 0 Å². The van der Waals surface area contributed by atoms with Crippen molar-refractivity contribution in [3.8, 4) is 5.82 Å². The van der Waals surface area contributed by atoms with Gasteiger partial charge in [0.1, 0.15) is 35.0 Å². The minimum Gasteiger partial charge on any atom is -0.355 e. The number of hydrogen-bond donors (Lipinski definition) is 1. The molecule has 7 rings (SSSR count). The van der Waals surface area contributed by atoms with Crippen LogP contribution in [0.5, 0.6) is 0 Å². The van der Waals surface area contributed by atoms with Crippen molar-refractivity contribution in [3.05, 3.63) is 103 Å². The van der Waals surface area contributed by atoms with Gasteiger partial charge in [-0.2, -0.15) is 0 Å². The van der Waals surface area contributed by atoms with Gasteiger partial charge in [0.05, 0.1) is 11.2 Å². The Balaban J connectivity index is 1.52. The van der Waals surface area contributed by atoms with E-state index in [4.69, 9.17) is 4.99 Å². The maximum absolute atomic E-state index is 5.25. The predicted octanol–water partition coefficient (Wildman–Crippen LogP) is 5.77. The molecule has 6 heteroatoms. The molecular formula is C26H18N6. The molecule has 2 aromatic carbocycles. The van der Waals surface area contributed by atoms with Crippen molar-refractivity contribution in [2.75, 3.05) is 10.2 Å². The lowest BCUT2D eigenvalue weighted by Crippen LogP contribution is -2.30. The number of hydrogen-bond acceptors (Lipinski definition) is 5. The highest BCUT2D eigenvalue weighted by Gasteiger charge is 2.40. The first-order valence-electron chi connectivity index (χ1n) is 10.6. The summed E-state index contributed by atoms with van der Waals surface area (Å²) in [7, 11) is 0. The summed E-state index contributed by atoms with van der Waals surface area (Å²) < 4.78 is 2.16. The van der Waals surface area contributed by atoms with Crippen LogP contribution in [0.25, 0.3) is 16.7 Å². The van der Waals surface area contributed by atoms with Gasteiger partial charge >= 0.3 is 0 Å². The summed E-state index contributed by atoms with van der Waals surface area (Å²) in [6.07, 6.45) is 3.64. The number of nitrogens with one attached hydrogen (secondary N) is 1. The fraction of sp³-hybridized carbons (Fsp3) is 0.0385. The Bertz CT molecular complexity index is 1500. The van der Waals surface area contributed by atoms with E-state index in [2.05, 4.69) is 73.3 Å². The van der Waals surface area contributed by atoms with Crippen LogP contribution in [0.4, 0.5) is 23.0 Å². The number of pyridine rings is 2. The fourth-order valence-corrected chi connectivity index (χ4v) is 4.75. The van der Waals surface area contributed by atoms with Crippen LogP contribution in [0.15, 0.2) is 102 Å². The van der Waals surface area contributed by atoms with Crippen LogP contribution in [-0.4, -0.2) is 20.4 Å². The second kappa shape index (κ2) is 6.52. The third kappa shape index (κ3) is 2.32. The molecule has 1 atom stereocenters. The molecule has 2 aliphatic rings. The van der Waals surface area contributed by atoms with Crippen molar-refractivity contribution in [1.82, 2.24) is 14.5 Å². The Labute approximate surface area is 184 Å². The molecular weight excluding hydrogens is 396 g/mol. The van der Waals surface area contributed by atoms with Crippen LogP contribution in [-0.2, 0) is 0 Å². The second-order valence-electron chi connectivity index (χ2n) is 7.87. The maximum atomic E-state index is 5.25. The number of nitrogens with zero attached hydrogens (tertiary/aromatic N) is 5. The van der Waals surface area contributed by atoms with Gasteiger partial charge in [0.25, 0.3) is 0 Å². The van der Waals surface area contributed by atoms with Gasteiger partial charge in [-0.05, 0) is 36.4 Å². The van der Waals surface area contributed by atoms with Gasteiger partial charge < -0.3 is 5.32 Å². The fourth-order valence-electron chi connectivity index (χ4n) is 4.75. The Morgan fingerprint density at radius 2 is 1.44 bits per heavy atom. The number of para-hydroxylation sites is 2. The van der Waals surface area contributed by atoms with Crippen molar-refractivity contribution < 1.29 is 0 Å². The van der Waals surface area contributed by atoms with Crippen molar-refractivity contribution >= 4 is 39.7 Å². The van der Waals surface area contributed by atoms with Gasteiger partial charge in [-0.15, -0.1) is 0 Å². The standard InChI is InChI=1S/C26H18N6/c1-3-11-19-17(9-1)23-25(31(19)21-13-5-7-15-27-21)30-24-18-10-2-4-12-20(18)32(26(24)29-23)22-14-6-8-16-28-22/h1-16,23,29H. The first-order valence-corrected chi connectivity index (χ1v) is 10.6. The third-order valence-electron chi connectivity index (χ3n) is 6.09. The van der Waals surface area contributed by atoms with Crippen molar-refractivity contribution in [2.45, 2.75) is 6.04 Å². The SMILES string of the molecule is c1ccc(N2C3=Nc4c(n(-c5ccccn5)c5ccccc45)NC3c3ccccc32)nc1. The average molecular weight is 414 g/mol. The van der Waals surface area contributed by atoms with Gasteiger partial charge in [0.15, 0.2) is 0 Å². The summed E-state index contributed by atoms with van der Waals surface area (Å²) in [5.74, 6) is 3.61. The Morgan fingerprint density at radius 3 is 2.25 bits per heavy atom. The molecule has 0 radical (unpaired) electrons. The molecule has 0 spiro atoms. The molecule has 5 heterocycles. The number of fused-ring (bicyclic) bond motifs is 6. The normalized spacial score (nSPS) is 16.2. The Kier molecular flexibility index (Phi) is 3.52. The second-order valence-corrected chi connectivity index (χ2v) is 7.87. The summed E-state index contributed by atoms with van der Waals surface area (Å²) >= 11 is 0. The van der Waals surface area contributed by atoms with E-state index in [1.807, 2.05) is 48.8 Å². The van der Waals surface area contributed by atoms with Crippen LogP contribution in [0.1, 0.15) is 11.6 Å². The molecule has 0 fully saturated rings. The van der Waals surface area contributed by atoms with Crippen molar-refractivity contribution in [1.29, 1.82) is 0 Å². The van der Waals surface area contributed by atoms with E-state index in [-0.39, 0.29) is 6.04 Å². The van der Waals surface area contributed by atoms with Crippen LogP contribution in [0.3, 0.4) is 0 Å². The van der Waals surface area contributed by atoms with E-state index >= 15 is 0 Å². The van der Waals surface area contributed by atoms with Gasteiger partial charge in [-0.1, -0.05) is 48.5 Å². The highest BCUT2D eigenvalue weighted by molar-refractivity contribution is 6.18. The number of anilines is 3. The highest BCUT2D eigenvalue weighted by atomic mass is 15.3. The predicted molar refractivity (Wildman–Crippen MR) is 127 cm³/mol. The molecule has 0 aliphatic carbocycles. The lowest BCUT2D eigenvalue weighted by atomic mass is 10.1. The summed E-state index contributed by atoms with van der Waals surface area (Å²) in [5, 5.41) is 4.88. The van der Waals surface area contributed by atoms with E-state index in [1.165, 1.54) is 5.56 Å². The van der Waals surface area contributed by atoms with Gasteiger partial charge in [-0.3, -0.25) is 9.47 Å². The average Bonchev–Trinajstić information content (AvgIpc) is 3.36. The van der Waals surface area contributed by atoms with E-state index in [0.29, 0.717) is 0 Å². The lowest BCUT2D eigenvalue weighted by molar-refractivity contribution is 0.966. The smallest absolute Gasteiger partial charge is 0.143 e. The summed E-state index contributed by atoms with van der Waals surface area (Å²) in [6, 6.07) is 28.6. The van der Waals surface area contributed by atoms with Crippen molar-refractivity contribution in [2.24, 2.45) is 4.99 Å². The number of benzene rings is 2. The van der Waals surface area contributed by atoms with Crippen LogP contribution < -0.4 is 10.2 Å². The lowest BCUT2D eigenvalue weighted by Gasteiger charge is -2.26. The van der Waals surface area contributed by atoms with Gasteiger partial charge in [-0.25, -0.2) is 15.0 Å². The first-order chi connectivity index (χ1) is 15.9. The number of aliphatic imine (C=N–C) groups is 1. The number of aromatic nitrogens is 3. The summed E-state index contributed by atoms with van der Waals surface area (Å²) in [6.45, 7) is 0. The molecule has 3 aromatic heterocycles. The molecule has 1 unspecified atom stereocenters. The van der Waals surface area contributed by atoms with Gasteiger partial charge in [0.2, 0.25) is 0 Å². The summed E-state index contributed by atoms with van der Waals surface area (Å²) in [4.78, 5) is 16.7. The molecule has 32 heavy (non-hydrogen) atoms. The van der Waals surface area contributed by atoms with Crippen molar-refractivity contribution in [3.63, 3.8) is 0 Å². The molecule has 0 saturated carbocycles. The zero-order valence-electron chi connectivity index (χ0n) is 17.1. The zero-order valence-corrected chi connectivity index (χ0v) is 17.1. The van der Waals surface area contributed by atoms with E-state index in [1.54, 1.807) is 0 Å². The largest absolute Gasteiger partial charge is 0.355 e. The van der Waals surface area contributed by atoms with E-state index in [9.17, 15) is 0 Å². The molecule has 2 aliphatic heterocycles. The minimum atomic E-state index is -0.0764. The molecule has 5 aromatic rings. The zero-order chi connectivity index (χ0) is 21.1. The molecule has 0 saturated heterocycles. The van der Waals surface area contributed by atoms with Crippen LogP contribution in [0.2, 0.25) is 0 Å². The maximum Gasteiger partial charge on any atom is 0.143 e. The quantitative estimate of drug-likeness (QED) is 0.398. The first kappa shape index (κ1) is 17.3. The van der Waals surface area contributed by atoms with Gasteiger partial charge in [0, 0.05) is 23.3 Å². The van der Waals surface area contributed by atoms with Crippen LogP contribution in [0, 0.1) is 0 Å². The molecule has 6 nitrogen and oxygen atoms in total.